The third kappa shape index (κ3) is 2.10. The molecule has 0 atom stereocenters. The lowest BCUT2D eigenvalue weighted by molar-refractivity contribution is 0.304. The fourth-order valence-corrected chi connectivity index (χ4v) is 2.44. The monoisotopic (exact) mass is 262 g/mol. The summed E-state index contributed by atoms with van der Waals surface area (Å²) in [5.74, 6) is 0.828. The second kappa shape index (κ2) is 4.34. The molecule has 2 N–H and O–H groups in total. The molecule has 0 aromatic carbocycles. The first kappa shape index (κ1) is 12.2. The number of fused-ring (bicyclic) bond motifs is 1. The van der Waals surface area contributed by atoms with Gasteiger partial charge in [-0.15, -0.1) is 5.10 Å². The van der Waals surface area contributed by atoms with Crippen molar-refractivity contribution in [3.8, 4) is 0 Å². The SMILES string of the molecule is CNC1(C)CCN(c2ccc3n[nH]c(=O)n3n2)CC1. The molecule has 3 rings (SSSR count). The smallest absolute Gasteiger partial charge is 0.355 e. The van der Waals surface area contributed by atoms with Crippen molar-refractivity contribution in [3.05, 3.63) is 22.6 Å². The van der Waals surface area contributed by atoms with Gasteiger partial charge in [-0.3, -0.25) is 0 Å². The van der Waals surface area contributed by atoms with E-state index in [2.05, 4.69) is 32.4 Å². The molecule has 1 fully saturated rings. The van der Waals surface area contributed by atoms with Gasteiger partial charge in [0.25, 0.3) is 0 Å². The Morgan fingerprint density at radius 2 is 2.11 bits per heavy atom. The molecule has 0 saturated carbocycles. The van der Waals surface area contributed by atoms with E-state index < -0.39 is 0 Å². The van der Waals surface area contributed by atoms with E-state index in [1.807, 2.05) is 19.2 Å². The van der Waals surface area contributed by atoms with E-state index in [0.29, 0.717) is 5.65 Å². The highest BCUT2D eigenvalue weighted by molar-refractivity contribution is 5.45. The number of hydrogen-bond acceptors (Lipinski definition) is 5. The van der Waals surface area contributed by atoms with Crippen molar-refractivity contribution in [2.45, 2.75) is 25.3 Å². The molecule has 19 heavy (non-hydrogen) atoms. The Balaban J connectivity index is 1.85. The third-order valence-corrected chi connectivity index (χ3v) is 4.05. The van der Waals surface area contributed by atoms with E-state index in [9.17, 15) is 4.79 Å². The predicted molar refractivity (Wildman–Crippen MR) is 72.5 cm³/mol. The van der Waals surface area contributed by atoms with Crippen LogP contribution in [0.5, 0.6) is 0 Å². The molecule has 0 aliphatic carbocycles. The topological polar surface area (TPSA) is 78.3 Å². The summed E-state index contributed by atoms with van der Waals surface area (Å²) in [4.78, 5) is 13.7. The lowest BCUT2D eigenvalue weighted by Gasteiger charge is -2.39. The zero-order chi connectivity index (χ0) is 13.5. The molecule has 1 aliphatic rings. The summed E-state index contributed by atoms with van der Waals surface area (Å²) in [6.07, 6.45) is 2.12. The predicted octanol–water partition coefficient (Wildman–Crippen LogP) is -0.00410. The van der Waals surface area contributed by atoms with Crippen molar-refractivity contribution in [2.75, 3.05) is 25.0 Å². The van der Waals surface area contributed by atoms with E-state index in [1.54, 1.807) is 0 Å². The van der Waals surface area contributed by atoms with Crippen molar-refractivity contribution in [2.24, 2.45) is 0 Å². The Morgan fingerprint density at radius 3 is 2.79 bits per heavy atom. The van der Waals surface area contributed by atoms with Gasteiger partial charge in [0, 0.05) is 18.6 Å². The Morgan fingerprint density at radius 1 is 1.37 bits per heavy atom. The average molecular weight is 262 g/mol. The summed E-state index contributed by atoms with van der Waals surface area (Å²) in [7, 11) is 2.00. The van der Waals surface area contributed by atoms with E-state index in [-0.39, 0.29) is 11.2 Å². The highest BCUT2D eigenvalue weighted by atomic mass is 16.2. The number of nitrogens with zero attached hydrogens (tertiary/aromatic N) is 4. The Kier molecular flexibility index (Phi) is 2.78. The van der Waals surface area contributed by atoms with E-state index >= 15 is 0 Å². The minimum Gasteiger partial charge on any atom is -0.355 e. The van der Waals surface area contributed by atoms with Gasteiger partial charge in [0.2, 0.25) is 0 Å². The molecule has 0 spiro atoms. The van der Waals surface area contributed by atoms with Crippen LogP contribution in [0.3, 0.4) is 0 Å². The van der Waals surface area contributed by atoms with Crippen LogP contribution in [0.2, 0.25) is 0 Å². The Labute approximate surface area is 110 Å². The third-order valence-electron chi connectivity index (χ3n) is 4.05. The number of nitrogens with one attached hydrogen (secondary N) is 2. The zero-order valence-electron chi connectivity index (χ0n) is 11.2. The van der Waals surface area contributed by atoms with Crippen LogP contribution in [0.25, 0.3) is 5.65 Å². The van der Waals surface area contributed by atoms with E-state index in [1.165, 1.54) is 4.52 Å². The van der Waals surface area contributed by atoms with Gasteiger partial charge < -0.3 is 10.2 Å². The first-order valence-electron chi connectivity index (χ1n) is 6.50. The Hall–Kier alpha value is -1.89. The summed E-state index contributed by atoms with van der Waals surface area (Å²) < 4.78 is 1.31. The minimum absolute atomic E-state index is 0.201. The molecule has 1 saturated heterocycles. The molecule has 0 radical (unpaired) electrons. The second-order valence-electron chi connectivity index (χ2n) is 5.29. The number of hydrogen-bond donors (Lipinski definition) is 2. The second-order valence-corrected chi connectivity index (χ2v) is 5.29. The summed E-state index contributed by atoms with van der Waals surface area (Å²) >= 11 is 0. The molecule has 0 amide bonds. The van der Waals surface area contributed by atoms with Crippen LogP contribution in [-0.2, 0) is 0 Å². The maximum atomic E-state index is 11.5. The maximum Gasteiger partial charge on any atom is 0.364 e. The molecule has 1 aliphatic heterocycles. The quantitative estimate of drug-likeness (QED) is 0.796. The van der Waals surface area contributed by atoms with Gasteiger partial charge in [0.05, 0.1) is 0 Å². The lowest BCUT2D eigenvalue weighted by atomic mass is 9.90. The molecule has 7 nitrogen and oxygen atoms in total. The molecular formula is C12H18N6O. The van der Waals surface area contributed by atoms with E-state index in [4.69, 9.17) is 0 Å². The molecule has 3 heterocycles. The van der Waals surface area contributed by atoms with Gasteiger partial charge in [-0.2, -0.15) is 9.61 Å². The number of rotatable bonds is 2. The number of anilines is 1. The zero-order valence-corrected chi connectivity index (χ0v) is 11.2. The maximum absolute atomic E-state index is 11.5. The first-order chi connectivity index (χ1) is 9.11. The highest BCUT2D eigenvalue weighted by Crippen LogP contribution is 2.24. The van der Waals surface area contributed by atoms with Crippen LogP contribution in [0.4, 0.5) is 5.82 Å². The number of H-pyrrole nitrogens is 1. The van der Waals surface area contributed by atoms with Gasteiger partial charge in [-0.25, -0.2) is 9.89 Å². The van der Waals surface area contributed by atoms with Crippen LogP contribution < -0.4 is 15.9 Å². The van der Waals surface area contributed by atoms with Crippen molar-refractivity contribution < 1.29 is 0 Å². The summed E-state index contributed by atoms with van der Waals surface area (Å²) in [5.41, 5.74) is 0.451. The Bertz CT molecular complexity index is 637. The van der Waals surface area contributed by atoms with Crippen LogP contribution in [0, 0.1) is 0 Å². The highest BCUT2D eigenvalue weighted by Gasteiger charge is 2.28. The van der Waals surface area contributed by atoms with Gasteiger partial charge in [0.15, 0.2) is 5.65 Å². The normalized spacial score (nSPS) is 18.9. The van der Waals surface area contributed by atoms with E-state index in [0.717, 1.165) is 31.7 Å². The number of piperidine rings is 1. The van der Waals surface area contributed by atoms with Gasteiger partial charge in [-0.1, -0.05) is 0 Å². The standard InChI is InChI=1S/C12H18N6O/c1-12(13-2)5-7-17(8-6-12)10-4-3-9-14-15-11(19)18(9)16-10/h3-4,13H,5-8H2,1-2H3,(H,15,19). The summed E-state index contributed by atoms with van der Waals surface area (Å²) in [6.45, 7) is 4.10. The van der Waals surface area contributed by atoms with Crippen molar-refractivity contribution >= 4 is 11.5 Å². The fraction of sp³-hybridized carbons (Fsp3) is 0.583. The fourth-order valence-electron chi connectivity index (χ4n) is 2.44. The van der Waals surface area contributed by atoms with Crippen LogP contribution in [0.15, 0.2) is 16.9 Å². The first-order valence-corrected chi connectivity index (χ1v) is 6.50. The molecule has 2 aromatic rings. The molecule has 0 bridgehead atoms. The minimum atomic E-state index is -0.297. The van der Waals surface area contributed by atoms with Crippen molar-refractivity contribution in [1.29, 1.82) is 0 Å². The number of aromatic amines is 1. The van der Waals surface area contributed by atoms with Gasteiger partial charge in [-0.05, 0) is 38.9 Å². The van der Waals surface area contributed by atoms with Gasteiger partial charge in [0.1, 0.15) is 5.82 Å². The largest absolute Gasteiger partial charge is 0.364 e. The van der Waals surface area contributed by atoms with Gasteiger partial charge >= 0.3 is 5.69 Å². The lowest BCUT2D eigenvalue weighted by Crippen LogP contribution is -2.50. The summed E-state index contributed by atoms with van der Waals surface area (Å²) in [5, 5.41) is 14.0. The number of aromatic nitrogens is 4. The van der Waals surface area contributed by atoms with Crippen LogP contribution in [0.1, 0.15) is 19.8 Å². The van der Waals surface area contributed by atoms with Crippen LogP contribution in [-0.4, -0.2) is 45.5 Å². The molecule has 0 unspecified atom stereocenters. The van der Waals surface area contributed by atoms with Crippen LogP contribution >= 0.6 is 0 Å². The average Bonchev–Trinajstić information content (AvgIpc) is 2.81. The van der Waals surface area contributed by atoms with Crippen molar-refractivity contribution in [1.82, 2.24) is 25.1 Å². The molecular weight excluding hydrogens is 244 g/mol. The molecule has 102 valence electrons. The van der Waals surface area contributed by atoms with Crippen molar-refractivity contribution in [3.63, 3.8) is 0 Å². The molecule has 7 heteroatoms. The summed E-state index contributed by atoms with van der Waals surface area (Å²) in [6, 6.07) is 3.73. The molecule has 2 aromatic heterocycles.